The van der Waals surface area contributed by atoms with Gasteiger partial charge in [-0.3, -0.25) is 9.78 Å². The maximum Gasteiger partial charge on any atom is 0.266 e. The topological polar surface area (TPSA) is 58.2 Å². The Kier molecular flexibility index (Phi) is 3.60. The molecule has 0 spiro atoms. The minimum atomic E-state index is -0.117. The Morgan fingerprint density at radius 3 is 2.81 bits per heavy atom. The summed E-state index contributed by atoms with van der Waals surface area (Å²) in [6, 6.07) is 0. The van der Waals surface area contributed by atoms with Gasteiger partial charge in [-0.25, -0.2) is 4.98 Å². The highest BCUT2D eigenvalue weighted by molar-refractivity contribution is 9.10. The van der Waals surface area contributed by atoms with Gasteiger partial charge in [0.2, 0.25) is 5.95 Å². The molecule has 0 radical (unpaired) electrons. The second kappa shape index (κ2) is 4.97. The molecule has 1 aromatic heterocycles. The lowest BCUT2D eigenvalue weighted by Gasteiger charge is -2.27. The fourth-order valence-electron chi connectivity index (χ4n) is 1.65. The molecule has 16 heavy (non-hydrogen) atoms. The molecule has 0 bridgehead atoms. The molecule has 2 heterocycles. The molecule has 0 amide bonds. The first-order valence-corrected chi connectivity index (χ1v) is 6.13. The van der Waals surface area contributed by atoms with Crippen molar-refractivity contribution in [3.8, 4) is 0 Å². The summed E-state index contributed by atoms with van der Waals surface area (Å²) in [5.41, 5.74) is 0.679. The van der Waals surface area contributed by atoms with Crippen molar-refractivity contribution in [3.63, 3.8) is 0 Å². The van der Waals surface area contributed by atoms with Crippen LogP contribution in [0.2, 0.25) is 0 Å². The van der Waals surface area contributed by atoms with Gasteiger partial charge in [-0.15, -0.1) is 0 Å². The van der Waals surface area contributed by atoms with E-state index in [-0.39, 0.29) is 5.56 Å². The fraction of sp³-hybridized carbons (Fsp3) is 0.600. The largest absolute Gasteiger partial charge is 0.378 e. The van der Waals surface area contributed by atoms with Crippen LogP contribution in [0.3, 0.4) is 0 Å². The molecule has 0 aliphatic carbocycles. The van der Waals surface area contributed by atoms with E-state index in [0.717, 1.165) is 25.2 Å². The van der Waals surface area contributed by atoms with Crippen molar-refractivity contribution in [2.45, 2.75) is 13.3 Å². The van der Waals surface area contributed by atoms with Gasteiger partial charge >= 0.3 is 0 Å². The first-order valence-electron chi connectivity index (χ1n) is 5.33. The average molecular weight is 288 g/mol. The van der Waals surface area contributed by atoms with E-state index in [1.54, 1.807) is 0 Å². The lowest BCUT2D eigenvalue weighted by Crippen LogP contribution is -2.38. The molecular formula is C10H14BrN3O2. The van der Waals surface area contributed by atoms with E-state index in [9.17, 15) is 4.79 Å². The minimum absolute atomic E-state index is 0.117. The third-order valence-electron chi connectivity index (χ3n) is 2.56. The Balaban J connectivity index is 2.33. The maximum absolute atomic E-state index is 11.7. The van der Waals surface area contributed by atoms with E-state index in [1.165, 1.54) is 0 Å². The highest BCUT2D eigenvalue weighted by Gasteiger charge is 2.15. The van der Waals surface area contributed by atoms with Crippen LogP contribution in [-0.4, -0.2) is 36.3 Å². The number of anilines is 1. The number of ether oxygens (including phenoxy) is 1. The van der Waals surface area contributed by atoms with Crippen molar-refractivity contribution in [3.05, 3.63) is 20.5 Å². The van der Waals surface area contributed by atoms with Crippen molar-refractivity contribution in [2.24, 2.45) is 0 Å². The number of nitrogens with one attached hydrogen (secondary N) is 1. The van der Waals surface area contributed by atoms with Gasteiger partial charge in [0.15, 0.2) is 0 Å². The Morgan fingerprint density at radius 2 is 2.19 bits per heavy atom. The van der Waals surface area contributed by atoms with Gasteiger partial charge in [-0.05, 0) is 22.4 Å². The molecule has 1 fully saturated rings. The number of hydrogen-bond acceptors (Lipinski definition) is 4. The quantitative estimate of drug-likeness (QED) is 0.879. The molecule has 1 aliphatic rings. The first kappa shape index (κ1) is 11.6. The molecule has 1 N–H and O–H groups in total. The van der Waals surface area contributed by atoms with Gasteiger partial charge in [0, 0.05) is 13.1 Å². The van der Waals surface area contributed by atoms with Crippen molar-refractivity contribution in [1.82, 2.24) is 9.97 Å². The number of aryl methyl sites for hydroxylation is 1. The maximum atomic E-state index is 11.7. The second-order valence-electron chi connectivity index (χ2n) is 3.60. The standard InChI is InChI=1S/C10H14BrN3O2/c1-2-7-8(11)9(15)13-10(12-7)14-3-5-16-6-4-14/h2-6H2,1H3,(H,12,13,15). The van der Waals surface area contributed by atoms with E-state index in [0.29, 0.717) is 23.6 Å². The summed E-state index contributed by atoms with van der Waals surface area (Å²) in [4.78, 5) is 20.9. The number of hydrogen-bond donors (Lipinski definition) is 1. The monoisotopic (exact) mass is 287 g/mol. The van der Waals surface area contributed by atoms with Crippen LogP contribution in [0.4, 0.5) is 5.95 Å². The SMILES string of the molecule is CCc1nc(N2CCOCC2)[nH]c(=O)c1Br. The summed E-state index contributed by atoms with van der Waals surface area (Å²) in [7, 11) is 0. The number of morpholine rings is 1. The summed E-state index contributed by atoms with van der Waals surface area (Å²) < 4.78 is 5.80. The van der Waals surface area contributed by atoms with Gasteiger partial charge in [0.25, 0.3) is 5.56 Å². The molecule has 0 aromatic carbocycles. The van der Waals surface area contributed by atoms with Crippen LogP contribution < -0.4 is 10.5 Å². The summed E-state index contributed by atoms with van der Waals surface area (Å²) in [6.45, 7) is 4.89. The first-order chi connectivity index (χ1) is 7.72. The zero-order valence-electron chi connectivity index (χ0n) is 9.12. The van der Waals surface area contributed by atoms with Gasteiger partial charge in [0.1, 0.15) is 4.47 Å². The highest BCUT2D eigenvalue weighted by atomic mass is 79.9. The van der Waals surface area contributed by atoms with Crippen LogP contribution in [-0.2, 0) is 11.2 Å². The van der Waals surface area contributed by atoms with E-state index >= 15 is 0 Å². The lowest BCUT2D eigenvalue weighted by molar-refractivity contribution is 0.122. The number of aromatic amines is 1. The van der Waals surface area contributed by atoms with Gasteiger partial charge in [-0.2, -0.15) is 0 Å². The van der Waals surface area contributed by atoms with E-state index in [1.807, 2.05) is 11.8 Å². The molecule has 0 saturated carbocycles. The van der Waals surface area contributed by atoms with Crippen LogP contribution >= 0.6 is 15.9 Å². The molecule has 6 heteroatoms. The molecule has 1 aromatic rings. The normalized spacial score (nSPS) is 16.5. The molecule has 1 aliphatic heterocycles. The van der Waals surface area contributed by atoms with E-state index < -0.39 is 0 Å². The van der Waals surface area contributed by atoms with Crippen molar-refractivity contribution in [2.75, 3.05) is 31.2 Å². The highest BCUT2D eigenvalue weighted by Crippen LogP contribution is 2.14. The molecule has 2 rings (SSSR count). The van der Waals surface area contributed by atoms with E-state index in [4.69, 9.17) is 4.74 Å². The number of aromatic nitrogens is 2. The van der Waals surface area contributed by atoms with Gasteiger partial charge in [-0.1, -0.05) is 6.92 Å². The van der Waals surface area contributed by atoms with Crippen molar-refractivity contribution >= 4 is 21.9 Å². The van der Waals surface area contributed by atoms with Crippen LogP contribution in [0, 0.1) is 0 Å². The van der Waals surface area contributed by atoms with E-state index in [2.05, 4.69) is 25.9 Å². The number of rotatable bonds is 2. The molecule has 0 atom stereocenters. The van der Waals surface area contributed by atoms with Crippen LogP contribution in [0.15, 0.2) is 9.27 Å². The third kappa shape index (κ3) is 2.27. The zero-order chi connectivity index (χ0) is 11.5. The third-order valence-corrected chi connectivity index (χ3v) is 3.38. The Morgan fingerprint density at radius 1 is 1.50 bits per heavy atom. The van der Waals surface area contributed by atoms with Crippen molar-refractivity contribution in [1.29, 1.82) is 0 Å². The predicted octanol–water partition coefficient (Wildman–Crippen LogP) is 0.931. The van der Waals surface area contributed by atoms with Gasteiger partial charge < -0.3 is 9.64 Å². The summed E-state index contributed by atoms with van der Waals surface area (Å²) in [5.74, 6) is 0.647. The molecule has 88 valence electrons. The Labute approximate surface area is 102 Å². The predicted molar refractivity (Wildman–Crippen MR) is 65.0 cm³/mol. The van der Waals surface area contributed by atoms with Gasteiger partial charge in [0.05, 0.1) is 18.9 Å². The minimum Gasteiger partial charge on any atom is -0.378 e. The zero-order valence-corrected chi connectivity index (χ0v) is 10.7. The number of H-pyrrole nitrogens is 1. The second-order valence-corrected chi connectivity index (χ2v) is 4.40. The molecule has 1 saturated heterocycles. The summed E-state index contributed by atoms with van der Waals surface area (Å²) in [5, 5.41) is 0. The smallest absolute Gasteiger partial charge is 0.266 e. The number of halogens is 1. The summed E-state index contributed by atoms with van der Waals surface area (Å²) in [6.07, 6.45) is 0.738. The Bertz CT molecular complexity index is 427. The molecular weight excluding hydrogens is 274 g/mol. The Hall–Kier alpha value is -0.880. The van der Waals surface area contributed by atoms with Crippen LogP contribution in [0.5, 0.6) is 0 Å². The van der Waals surface area contributed by atoms with Crippen LogP contribution in [0.1, 0.15) is 12.6 Å². The van der Waals surface area contributed by atoms with Crippen LogP contribution in [0.25, 0.3) is 0 Å². The number of nitrogens with zero attached hydrogens (tertiary/aromatic N) is 2. The molecule has 0 unspecified atom stereocenters. The average Bonchev–Trinajstić information content (AvgIpc) is 2.33. The summed E-state index contributed by atoms with van der Waals surface area (Å²) >= 11 is 3.25. The fourth-order valence-corrected chi connectivity index (χ4v) is 2.12. The van der Waals surface area contributed by atoms with Crippen molar-refractivity contribution < 1.29 is 4.74 Å². The lowest BCUT2D eigenvalue weighted by atomic mass is 10.3. The molecule has 5 nitrogen and oxygen atoms in total.